The number of carbonyl (C=O) groups is 3. The maximum Gasteiger partial charge on any atom is 0.255 e. The van der Waals surface area contributed by atoms with Gasteiger partial charge in [0.1, 0.15) is 6.10 Å². The molecule has 3 N–H and O–H groups in total. The highest BCUT2D eigenvalue weighted by atomic mass is 32.2. The summed E-state index contributed by atoms with van der Waals surface area (Å²) < 4.78 is 31.8. The minimum atomic E-state index is -3.59. The lowest BCUT2D eigenvalue weighted by Crippen LogP contribution is -2.39. The molecule has 3 rings (SSSR count). The van der Waals surface area contributed by atoms with Gasteiger partial charge in [-0.2, -0.15) is 4.31 Å². The molecule has 1 heterocycles. The van der Waals surface area contributed by atoms with Crippen molar-refractivity contribution < 1.29 is 27.5 Å². The third-order valence-corrected chi connectivity index (χ3v) is 7.86. The Morgan fingerprint density at radius 1 is 0.889 bits per heavy atom. The minimum Gasteiger partial charge on any atom is -0.368 e. The lowest BCUT2D eigenvalue weighted by atomic mass is 10.1. The van der Waals surface area contributed by atoms with Gasteiger partial charge in [0.2, 0.25) is 15.9 Å². The normalized spacial score (nSPS) is 15.5. The van der Waals surface area contributed by atoms with E-state index in [1.54, 1.807) is 38.1 Å². The Bertz CT molecular complexity index is 1160. The third-order valence-electron chi connectivity index (χ3n) is 5.80. The van der Waals surface area contributed by atoms with Gasteiger partial charge in [0, 0.05) is 49.6 Å². The number of anilines is 1. The summed E-state index contributed by atoms with van der Waals surface area (Å²) in [5.74, 6) is -0.868. The standard InChI is InChI=1S/C25H32N4O6S/c1-3-29(4-2)36(33,34)21-13-9-19(10-14-21)24(31)28-20-11-7-18(8-12-20)23(30)26-15-16-27-25(32)22-6-5-17-35-22/h7-14,22H,3-6,15-17H2,1-2H3,(H,26,30)(H,27,32)(H,28,31). The second-order valence-electron chi connectivity index (χ2n) is 8.19. The smallest absolute Gasteiger partial charge is 0.255 e. The molecule has 0 aromatic heterocycles. The Balaban J connectivity index is 1.49. The summed E-state index contributed by atoms with van der Waals surface area (Å²) in [4.78, 5) is 36.9. The van der Waals surface area contributed by atoms with Crippen LogP contribution in [0.4, 0.5) is 5.69 Å². The number of amides is 3. The Kier molecular flexibility index (Phi) is 9.57. The van der Waals surface area contributed by atoms with Crippen molar-refractivity contribution in [3.8, 4) is 0 Å². The number of rotatable bonds is 11. The first-order valence-electron chi connectivity index (χ1n) is 12.0. The fraction of sp³-hybridized carbons (Fsp3) is 0.400. The topological polar surface area (TPSA) is 134 Å². The molecule has 36 heavy (non-hydrogen) atoms. The van der Waals surface area contributed by atoms with E-state index in [1.807, 2.05) is 0 Å². The second kappa shape index (κ2) is 12.6. The van der Waals surface area contributed by atoms with Crippen LogP contribution in [0.15, 0.2) is 53.4 Å². The molecule has 0 radical (unpaired) electrons. The van der Waals surface area contributed by atoms with Crippen LogP contribution in [-0.4, -0.2) is 69.3 Å². The fourth-order valence-electron chi connectivity index (χ4n) is 3.76. The molecule has 2 aromatic rings. The molecule has 0 spiro atoms. The van der Waals surface area contributed by atoms with Crippen molar-refractivity contribution in [2.45, 2.75) is 37.7 Å². The number of nitrogens with one attached hydrogen (secondary N) is 3. The first-order chi connectivity index (χ1) is 17.3. The predicted octanol–water partition coefficient (Wildman–Crippen LogP) is 1.99. The molecule has 1 unspecified atom stereocenters. The van der Waals surface area contributed by atoms with Crippen molar-refractivity contribution in [2.24, 2.45) is 0 Å². The van der Waals surface area contributed by atoms with Crippen LogP contribution in [0.3, 0.4) is 0 Å². The van der Waals surface area contributed by atoms with Gasteiger partial charge >= 0.3 is 0 Å². The first kappa shape index (κ1) is 27.3. The average Bonchev–Trinajstić information content (AvgIpc) is 3.43. The van der Waals surface area contributed by atoms with Gasteiger partial charge in [0.05, 0.1) is 4.90 Å². The van der Waals surface area contributed by atoms with Gasteiger partial charge in [-0.05, 0) is 61.4 Å². The molecular weight excluding hydrogens is 484 g/mol. The van der Waals surface area contributed by atoms with Crippen LogP contribution >= 0.6 is 0 Å². The Hall–Kier alpha value is -3.28. The number of sulfonamides is 1. The first-order valence-corrected chi connectivity index (χ1v) is 13.4. The van der Waals surface area contributed by atoms with Crippen molar-refractivity contribution in [2.75, 3.05) is 38.1 Å². The van der Waals surface area contributed by atoms with Gasteiger partial charge in [-0.25, -0.2) is 8.42 Å². The zero-order valence-electron chi connectivity index (χ0n) is 20.5. The van der Waals surface area contributed by atoms with Crippen LogP contribution in [0.5, 0.6) is 0 Å². The lowest BCUT2D eigenvalue weighted by Gasteiger charge is -2.18. The van der Waals surface area contributed by atoms with Gasteiger partial charge in [-0.1, -0.05) is 13.8 Å². The van der Waals surface area contributed by atoms with E-state index in [1.165, 1.54) is 28.6 Å². The highest BCUT2D eigenvalue weighted by Gasteiger charge is 2.23. The Labute approximate surface area is 211 Å². The summed E-state index contributed by atoms with van der Waals surface area (Å²) >= 11 is 0. The summed E-state index contributed by atoms with van der Waals surface area (Å²) in [5.41, 5.74) is 1.20. The number of hydrogen-bond acceptors (Lipinski definition) is 6. The highest BCUT2D eigenvalue weighted by molar-refractivity contribution is 7.89. The maximum absolute atomic E-state index is 12.6. The van der Waals surface area contributed by atoms with Gasteiger partial charge in [0.25, 0.3) is 11.8 Å². The van der Waals surface area contributed by atoms with Crippen LogP contribution < -0.4 is 16.0 Å². The number of hydrogen-bond donors (Lipinski definition) is 3. The molecule has 1 fully saturated rings. The number of benzene rings is 2. The van der Waals surface area contributed by atoms with Gasteiger partial charge in [0.15, 0.2) is 0 Å². The summed E-state index contributed by atoms with van der Waals surface area (Å²) in [6.07, 6.45) is 1.19. The van der Waals surface area contributed by atoms with Gasteiger partial charge in [-0.3, -0.25) is 14.4 Å². The van der Waals surface area contributed by atoms with Crippen LogP contribution in [-0.2, 0) is 19.6 Å². The zero-order valence-corrected chi connectivity index (χ0v) is 21.3. The van der Waals surface area contributed by atoms with Crippen molar-refractivity contribution >= 4 is 33.4 Å². The summed E-state index contributed by atoms with van der Waals surface area (Å²) in [6.45, 7) is 5.43. The third kappa shape index (κ3) is 6.90. The molecule has 10 nitrogen and oxygen atoms in total. The van der Waals surface area contributed by atoms with Crippen LogP contribution in [0.2, 0.25) is 0 Å². The molecule has 0 saturated carbocycles. The summed E-state index contributed by atoms with van der Waals surface area (Å²) in [5, 5.41) is 8.20. The van der Waals surface area contributed by atoms with E-state index >= 15 is 0 Å². The second-order valence-corrected chi connectivity index (χ2v) is 10.1. The van der Waals surface area contributed by atoms with E-state index < -0.39 is 22.0 Å². The number of carbonyl (C=O) groups excluding carboxylic acids is 3. The van der Waals surface area contributed by atoms with Crippen molar-refractivity contribution in [1.29, 1.82) is 0 Å². The van der Waals surface area contributed by atoms with E-state index in [9.17, 15) is 22.8 Å². The highest BCUT2D eigenvalue weighted by Crippen LogP contribution is 2.17. The molecule has 2 aromatic carbocycles. The molecule has 0 aliphatic carbocycles. The molecule has 1 saturated heterocycles. The Morgan fingerprint density at radius 2 is 1.47 bits per heavy atom. The fourth-order valence-corrected chi connectivity index (χ4v) is 5.22. The van der Waals surface area contributed by atoms with Crippen LogP contribution in [0.1, 0.15) is 47.4 Å². The number of ether oxygens (including phenoxy) is 1. The molecule has 1 aliphatic rings. The van der Waals surface area contributed by atoms with E-state index in [0.717, 1.165) is 6.42 Å². The molecule has 194 valence electrons. The molecule has 11 heteroatoms. The maximum atomic E-state index is 12.6. The summed E-state index contributed by atoms with van der Waals surface area (Å²) in [7, 11) is -3.59. The molecule has 0 bridgehead atoms. The predicted molar refractivity (Wildman–Crippen MR) is 135 cm³/mol. The Morgan fingerprint density at radius 3 is 2.06 bits per heavy atom. The van der Waals surface area contributed by atoms with Crippen LogP contribution in [0, 0.1) is 0 Å². The molecule has 1 aliphatic heterocycles. The van der Waals surface area contributed by atoms with Gasteiger partial charge < -0.3 is 20.7 Å². The largest absolute Gasteiger partial charge is 0.368 e. The van der Waals surface area contributed by atoms with Crippen molar-refractivity contribution in [3.05, 3.63) is 59.7 Å². The monoisotopic (exact) mass is 516 g/mol. The van der Waals surface area contributed by atoms with Crippen LogP contribution in [0.25, 0.3) is 0 Å². The van der Waals surface area contributed by atoms with E-state index in [2.05, 4.69) is 16.0 Å². The van der Waals surface area contributed by atoms with E-state index in [-0.39, 0.29) is 23.3 Å². The summed E-state index contributed by atoms with van der Waals surface area (Å²) in [6, 6.07) is 12.1. The lowest BCUT2D eigenvalue weighted by molar-refractivity contribution is -0.129. The van der Waals surface area contributed by atoms with E-state index in [4.69, 9.17) is 4.74 Å². The van der Waals surface area contributed by atoms with Crippen molar-refractivity contribution in [1.82, 2.24) is 14.9 Å². The quantitative estimate of drug-likeness (QED) is 0.391. The molecule has 1 atom stereocenters. The van der Waals surface area contributed by atoms with Gasteiger partial charge in [-0.15, -0.1) is 0 Å². The van der Waals surface area contributed by atoms with E-state index in [0.29, 0.717) is 49.5 Å². The SMILES string of the molecule is CCN(CC)S(=O)(=O)c1ccc(C(=O)Nc2ccc(C(=O)NCCNC(=O)C3CCCO3)cc2)cc1. The average molecular weight is 517 g/mol. The number of nitrogens with zero attached hydrogens (tertiary/aromatic N) is 1. The zero-order chi connectivity index (χ0) is 26.1. The molecule has 3 amide bonds. The molecular formula is C25H32N4O6S. The van der Waals surface area contributed by atoms with Crippen molar-refractivity contribution in [3.63, 3.8) is 0 Å². The minimum absolute atomic E-state index is 0.129.